The van der Waals surface area contributed by atoms with Gasteiger partial charge in [-0.3, -0.25) is 4.79 Å². The first-order valence-electron chi connectivity index (χ1n) is 3.00. The number of Topliss-reactive ketones (excluding diaryl/α,β-unsaturated/α-hetero) is 1. The fourth-order valence-electron chi connectivity index (χ4n) is 0.667. The Hall–Kier alpha value is -1.23. The van der Waals surface area contributed by atoms with Crippen LogP contribution < -0.4 is 0 Å². The summed E-state index contributed by atoms with van der Waals surface area (Å²) >= 11 is 3.02. The predicted molar refractivity (Wildman–Crippen MR) is 43.9 cm³/mol. The van der Waals surface area contributed by atoms with Gasteiger partial charge in [0.2, 0.25) is 0 Å². The number of pyridine rings is 1. The first kappa shape index (κ1) is 8.86. The van der Waals surface area contributed by atoms with Gasteiger partial charge in [0, 0.05) is 11.8 Å². The van der Waals surface area contributed by atoms with Crippen LogP contribution in [0.5, 0.6) is 0 Å². The number of carbonyl (C=O) groups is 2. The van der Waals surface area contributed by atoms with Crippen LogP contribution in [-0.4, -0.2) is 21.8 Å². The van der Waals surface area contributed by atoms with E-state index in [1.165, 1.54) is 18.3 Å². The van der Waals surface area contributed by atoms with Crippen LogP contribution in [0.25, 0.3) is 0 Å². The molecule has 0 amide bonds. The van der Waals surface area contributed by atoms with Gasteiger partial charge in [0.05, 0.1) is 0 Å². The zero-order valence-corrected chi connectivity index (χ0v) is 7.41. The Kier molecular flexibility index (Phi) is 2.54. The molecule has 1 N–H and O–H groups in total. The second-order valence-electron chi connectivity index (χ2n) is 2.00. The van der Waals surface area contributed by atoms with Crippen LogP contribution in [0.4, 0.5) is 0 Å². The molecular formula is C7H4BrNO3. The average Bonchev–Trinajstić information content (AvgIpc) is 2.03. The van der Waals surface area contributed by atoms with Crippen molar-refractivity contribution in [1.82, 2.24) is 4.98 Å². The van der Waals surface area contributed by atoms with Gasteiger partial charge in [0.15, 0.2) is 0 Å². The van der Waals surface area contributed by atoms with Crippen molar-refractivity contribution in [3.05, 3.63) is 28.5 Å². The molecule has 1 aromatic heterocycles. The maximum Gasteiger partial charge on any atom is 0.377 e. The Morgan fingerprint density at radius 1 is 1.50 bits per heavy atom. The van der Waals surface area contributed by atoms with E-state index in [0.29, 0.717) is 4.60 Å². The van der Waals surface area contributed by atoms with Crippen LogP contribution in [0.2, 0.25) is 0 Å². The molecule has 0 atom stereocenters. The largest absolute Gasteiger partial charge is 0.475 e. The number of aromatic nitrogens is 1. The molecule has 0 spiro atoms. The van der Waals surface area contributed by atoms with E-state index in [0.717, 1.165) is 0 Å². The Balaban J connectivity index is 3.04. The van der Waals surface area contributed by atoms with E-state index in [2.05, 4.69) is 20.9 Å². The maximum atomic E-state index is 10.8. The highest BCUT2D eigenvalue weighted by Crippen LogP contribution is 2.08. The van der Waals surface area contributed by atoms with Crippen molar-refractivity contribution >= 4 is 27.7 Å². The Bertz CT molecular complexity index is 337. The van der Waals surface area contributed by atoms with Gasteiger partial charge in [-0.15, -0.1) is 0 Å². The zero-order valence-electron chi connectivity index (χ0n) is 5.82. The molecule has 0 radical (unpaired) electrons. The lowest BCUT2D eigenvalue weighted by Crippen LogP contribution is -2.12. The van der Waals surface area contributed by atoms with E-state index in [-0.39, 0.29) is 5.56 Å². The molecule has 0 aliphatic carbocycles. The Morgan fingerprint density at radius 3 is 2.67 bits per heavy atom. The first-order chi connectivity index (χ1) is 5.61. The number of aliphatic carboxylic acids is 1. The summed E-state index contributed by atoms with van der Waals surface area (Å²) in [5.41, 5.74) is 0.115. The molecule has 0 bridgehead atoms. The third-order valence-corrected chi connectivity index (χ3v) is 1.62. The molecule has 0 saturated heterocycles. The van der Waals surface area contributed by atoms with Gasteiger partial charge in [-0.2, -0.15) is 0 Å². The maximum absolute atomic E-state index is 10.8. The summed E-state index contributed by atoms with van der Waals surface area (Å²) in [6.45, 7) is 0. The van der Waals surface area contributed by atoms with E-state index < -0.39 is 11.8 Å². The minimum Gasteiger partial charge on any atom is -0.475 e. The molecule has 0 aliphatic rings. The fourth-order valence-corrected chi connectivity index (χ4v) is 1.03. The van der Waals surface area contributed by atoms with Crippen molar-refractivity contribution in [2.45, 2.75) is 0 Å². The molecule has 12 heavy (non-hydrogen) atoms. The number of halogens is 1. The van der Waals surface area contributed by atoms with Crippen LogP contribution in [0, 0.1) is 0 Å². The van der Waals surface area contributed by atoms with E-state index in [1.54, 1.807) is 0 Å². The smallest absolute Gasteiger partial charge is 0.377 e. The van der Waals surface area contributed by atoms with Crippen LogP contribution >= 0.6 is 15.9 Å². The summed E-state index contributed by atoms with van der Waals surface area (Å²) in [7, 11) is 0. The zero-order chi connectivity index (χ0) is 9.14. The van der Waals surface area contributed by atoms with Gasteiger partial charge in [0.25, 0.3) is 5.78 Å². The molecule has 0 saturated carbocycles. The number of rotatable bonds is 2. The predicted octanol–water partition coefficient (Wildman–Crippen LogP) is 1.11. The number of carboxylic acid groups (broad SMARTS) is 1. The molecule has 0 unspecified atom stereocenters. The van der Waals surface area contributed by atoms with Gasteiger partial charge in [-0.1, -0.05) is 0 Å². The number of hydrogen-bond donors (Lipinski definition) is 1. The molecule has 1 aromatic rings. The van der Waals surface area contributed by atoms with Crippen LogP contribution in [0.3, 0.4) is 0 Å². The lowest BCUT2D eigenvalue weighted by Gasteiger charge is -1.94. The van der Waals surface area contributed by atoms with Crippen molar-refractivity contribution in [1.29, 1.82) is 0 Å². The summed E-state index contributed by atoms with van der Waals surface area (Å²) in [5, 5.41) is 8.34. The van der Waals surface area contributed by atoms with Gasteiger partial charge >= 0.3 is 5.97 Å². The van der Waals surface area contributed by atoms with Gasteiger partial charge in [0.1, 0.15) is 4.60 Å². The van der Waals surface area contributed by atoms with Crippen molar-refractivity contribution in [3.8, 4) is 0 Å². The number of ketones is 1. The monoisotopic (exact) mass is 229 g/mol. The van der Waals surface area contributed by atoms with Crippen LogP contribution in [0.15, 0.2) is 22.9 Å². The lowest BCUT2D eigenvalue weighted by molar-refractivity contribution is -0.131. The average molecular weight is 230 g/mol. The fraction of sp³-hybridized carbons (Fsp3) is 0. The molecule has 0 fully saturated rings. The number of carboxylic acids is 1. The van der Waals surface area contributed by atoms with E-state index >= 15 is 0 Å². The summed E-state index contributed by atoms with van der Waals surface area (Å²) in [4.78, 5) is 24.8. The van der Waals surface area contributed by atoms with Crippen LogP contribution in [-0.2, 0) is 4.79 Å². The molecule has 1 heterocycles. The van der Waals surface area contributed by atoms with E-state index in [4.69, 9.17) is 5.11 Å². The highest BCUT2D eigenvalue weighted by Gasteiger charge is 2.14. The summed E-state index contributed by atoms with van der Waals surface area (Å²) in [6, 6.07) is 2.71. The molecule has 4 nitrogen and oxygen atoms in total. The third-order valence-electron chi connectivity index (χ3n) is 1.18. The number of nitrogens with zero attached hydrogens (tertiary/aromatic N) is 1. The molecule has 62 valence electrons. The van der Waals surface area contributed by atoms with Crippen molar-refractivity contribution < 1.29 is 14.7 Å². The normalized spacial score (nSPS) is 9.42. The molecule has 1 rings (SSSR count). The summed E-state index contributed by atoms with van der Waals surface area (Å²) in [6.07, 6.45) is 1.36. The SMILES string of the molecule is O=C(O)C(=O)c1ccnc(Br)c1. The Morgan fingerprint density at radius 2 is 2.17 bits per heavy atom. The lowest BCUT2D eigenvalue weighted by atomic mass is 10.2. The number of hydrogen-bond acceptors (Lipinski definition) is 3. The number of carbonyl (C=O) groups excluding carboxylic acids is 1. The topological polar surface area (TPSA) is 67.3 Å². The second-order valence-corrected chi connectivity index (χ2v) is 2.81. The van der Waals surface area contributed by atoms with Crippen molar-refractivity contribution in [2.24, 2.45) is 0 Å². The van der Waals surface area contributed by atoms with E-state index in [9.17, 15) is 9.59 Å². The molecule has 5 heteroatoms. The molecule has 0 aromatic carbocycles. The highest BCUT2D eigenvalue weighted by molar-refractivity contribution is 9.10. The Labute approximate surface area is 76.4 Å². The first-order valence-corrected chi connectivity index (χ1v) is 3.80. The highest BCUT2D eigenvalue weighted by atomic mass is 79.9. The van der Waals surface area contributed by atoms with Gasteiger partial charge in [-0.05, 0) is 28.1 Å². The van der Waals surface area contributed by atoms with Crippen LogP contribution in [0.1, 0.15) is 10.4 Å². The second kappa shape index (κ2) is 3.44. The van der Waals surface area contributed by atoms with Crippen molar-refractivity contribution in [2.75, 3.05) is 0 Å². The minimum absolute atomic E-state index is 0.115. The van der Waals surface area contributed by atoms with Gasteiger partial charge in [-0.25, -0.2) is 9.78 Å². The quantitative estimate of drug-likeness (QED) is 0.469. The third kappa shape index (κ3) is 1.88. The van der Waals surface area contributed by atoms with Gasteiger partial charge < -0.3 is 5.11 Å². The molecule has 0 aliphatic heterocycles. The minimum atomic E-state index is -1.46. The standard InChI is InChI=1S/C7H4BrNO3/c8-5-3-4(1-2-9-5)6(10)7(11)12/h1-3H,(H,11,12). The molecular weight excluding hydrogens is 226 g/mol. The summed E-state index contributed by atoms with van der Waals surface area (Å²) < 4.78 is 0.439. The summed E-state index contributed by atoms with van der Waals surface area (Å²) in [5.74, 6) is -2.40. The van der Waals surface area contributed by atoms with E-state index in [1.807, 2.05) is 0 Å². The van der Waals surface area contributed by atoms with Crippen molar-refractivity contribution in [3.63, 3.8) is 0 Å².